The Morgan fingerprint density at radius 1 is 1.45 bits per heavy atom. The van der Waals surface area contributed by atoms with E-state index in [0.717, 1.165) is 38.0 Å². The molecule has 3 rings (SSSR count). The van der Waals surface area contributed by atoms with Crippen molar-refractivity contribution in [2.24, 2.45) is 5.92 Å². The molecule has 0 aromatic carbocycles. The van der Waals surface area contributed by atoms with Crippen molar-refractivity contribution in [2.45, 2.75) is 70.4 Å². The van der Waals surface area contributed by atoms with Gasteiger partial charge < -0.3 is 14.7 Å². The van der Waals surface area contributed by atoms with Crippen molar-refractivity contribution >= 4 is 6.03 Å². The van der Waals surface area contributed by atoms with E-state index < -0.39 is 0 Å². The maximum atomic E-state index is 12.3. The summed E-state index contributed by atoms with van der Waals surface area (Å²) in [5.74, 6) is 2.35. The average molecular weight is 306 g/mol. The van der Waals surface area contributed by atoms with Crippen molar-refractivity contribution in [3.05, 3.63) is 11.7 Å². The molecule has 22 heavy (non-hydrogen) atoms. The van der Waals surface area contributed by atoms with Crippen LogP contribution in [0.3, 0.4) is 0 Å². The van der Waals surface area contributed by atoms with E-state index in [1.807, 2.05) is 0 Å². The summed E-state index contributed by atoms with van der Waals surface area (Å²) in [5.41, 5.74) is 0.0217. The topological polar surface area (TPSA) is 71.3 Å². The fraction of sp³-hybridized carbons (Fsp3) is 0.812. The van der Waals surface area contributed by atoms with Crippen LogP contribution in [0.2, 0.25) is 0 Å². The van der Waals surface area contributed by atoms with E-state index in [0.29, 0.717) is 24.2 Å². The van der Waals surface area contributed by atoms with E-state index in [9.17, 15) is 4.79 Å². The monoisotopic (exact) mass is 306 g/mol. The number of aromatic nitrogens is 2. The Morgan fingerprint density at radius 2 is 2.18 bits per heavy atom. The maximum absolute atomic E-state index is 12.3. The first-order valence-electron chi connectivity index (χ1n) is 8.33. The molecule has 0 aliphatic heterocycles. The van der Waals surface area contributed by atoms with Gasteiger partial charge in [-0.3, -0.25) is 0 Å². The molecule has 0 bridgehead atoms. The minimum Gasteiger partial charge on any atom is -0.339 e. The van der Waals surface area contributed by atoms with E-state index in [4.69, 9.17) is 4.52 Å². The number of rotatable bonds is 6. The Morgan fingerprint density at radius 3 is 2.73 bits per heavy atom. The van der Waals surface area contributed by atoms with Gasteiger partial charge in [0.05, 0.1) is 6.54 Å². The first-order chi connectivity index (χ1) is 10.5. The quantitative estimate of drug-likeness (QED) is 0.877. The summed E-state index contributed by atoms with van der Waals surface area (Å²) >= 11 is 0. The molecule has 1 aromatic rings. The van der Waals surface area contributed by atoms with Crippen molar-refractivity contribution < 1.29 is 9.32 Å². The number of carbonyl (C=O) groups excluding carboxylic acids is 1. The predicted octanol–water partition coefficient (Wildman–Crippen LogP) is 3.06. The molecule has 2 aliphatic rings. The summed E-state index contributed by atoms with van der Waals surface area (Å²) in [6.45, 7) is 4.77. The maximum Gasteiger partial charge on any atom is 0.317 e. The SMILES string of the molecule is CC(C)CC1(NC(=O)N(C)Cc2noc(C3CCC3)n2)CC1. The molecule has 0 spiro atoms. The zero-order valence-corrected chi connectivity index (χ0v) is 13.8. The molecule has 1 heterocycles. The minimum atomic E-state index is -0.0480. The van der Waals surface area contributed by atoms with E-state index in [1.54, 1.807) is 11.9 Å². The number of urea groups is 1. The van der Waals surface area contributed by atoms with Gasteiger partial charge >= 0.3 is 6.03 Å². The van der Waals surface area contributed by atoms with Gasteiger partial charge in [-0.05, 0) is 38.0 Å². The highest BCUT2D eigenvalue weighted by atomic mass is 16.5. The Labute approximate surface area is 131 Å². The van der Waals surface area contributed by atoms with E-state index in [2.05, 4.69) is 29.3 Å². The van der Waals surface area contributed by atoms with Gasteiger partial charge in [-0.1, -0.05) is 25.4 Å². The highest BCUT2D eigenvalue weighted by Crippen LogP contribution is 2.41. The summed E-state index contributed by atoms with van der Waals surface area (Å²) in [5, 5.41) is 7.17. The number of carbonyl (C=O) groups is 1. The summed E-state index contributed by atoms with van der Waals surface area (Å²) in [7, 11) is 1.78. The summed E-state index contributed by atoms with van der Waals surface area (Å²) < 4.78 is 5.30. The second-order valence-electron chi connectivity index (χ2n) is 7.34. The largest absolute Gasteiger partial charge is 0.339 e. The van der Waals surface area contributed by atoms with Gasteiger partial charge in [-0.15, -0.1) is 0 Å². The highest BCUT2D eigenvalue weighted by molar-refractivity contribution is 5.75. The fourth-order valence-electron chi connectivity index (χ4n) is 3.07. The Balaban J connectivity index is 1.51. The lowest BCUT2D eigenvalue weighted by atomic mass is 9.85. The Kier molecular flexibility index (Phi) is 4.10. The van der Waals surface area contributed by atoms with Gasteiger partial charge in [0.1, 0.15) is 0 Å². The molecule has 2 fully saturated rings. The number of amides is 2. The molecule has 6 heteroatoms. The molecule has 0 saturated heterocycles. The zero-order chi connectivity index (χ0) is 15.7. The van der Waals surface area contributed by atoms with Gasteiger partial charge in [0.15, 0.2) is 5.82 Å². The van der Waals surface area contributed by atoms with Crippen molar-refractivity contribution in [1.82, 2.24) is 20.4 Å². The van der Waals surface area contributed by atoms with Gasteiger partial charge in [0.2, 0.25) is 5.89 Å². The molecule has 122 valence electrons. The molecule has 6 nitrogen and oxygen atoms in total. The molecular weight excluding hydrogens is 280 g/mol. The lowest BCUT2D eigenvalue weighted by Gasteiger charge is -2.23. The van der Waals surface area contributed by atoms with Crippen LogP contribution in [0.15, 0.2) is 4.52 Å². The fourth-order valence-corrected chi connectivity index (χ4v) is 3.07. The van der Waals surface area contributed by atoms with Crippen LogP contribution in [0.25, 0.3) is 0 Å². The Hall–Kier alpha value is -1.59. The molecular formula is C16H26N4O2. The number of hydrogen-bond donors (Lipinski definition) is 1. The van der Waals surface area contributed by atoms with Crippen molar-refractivity contribution in [2.75, 3.05) is 7.05 Å². The third kappa shape index (κ3) is 3.42. The van der Waals surface area contributed by atoms with Gasteiger partial charge in [0.25, 0.3) is 0 Å². The third-order valence-corrected chi connectivity index (χ3v) is 4.69. The normalized spacial score (nSPS) is 19.8. The van der Waals surface area contributed by atoms with Crippen molar-refractivity contribution in [3.8, 4) is 0 Å². The van der Waals surface area contributed by atoms with Crippen LogP contribution in [-0.4, -0.2) is 33.7 Å². The summed E-state index contributed by atoms with van der Waals surface area (Å²) in [6, 6.07) is -0.0480. The molecule has 0 unspecified atom stereocenters. The first-order valence-corrected chi connectivity index (χ1v) is 8.33. The van der Waals surface area contributed by atoms with Crippen molar-refractivity contribution in [1.29, 1.82) is 0 Å². The molecule has 1 N–H and O–H groups in total. The van der Waals surface area contributed by atoms with E-state index >= 15 is 0 Å². The molecule has 2 amide bonds. The smallest absolute Gasteiger partial charge is 0.317 e. The van der Waals surface area contributed by atoms with Crippen LogP contribution < -0.4 is 5.32 Å². The highest BCUT2D eigenvalue weighted by Gasteiger charge is 2.44. The number of nitrogens with zero attached hydrogens (tertiary/aromatic N) is 3. The number of hydrogen-bond acceptors (Lipinski definition) is 4. The van der Waals surface area contributed by atoms with Crippen LogP contribution >= 0.6 is 0 Å². The number of nitrogens with one attached hydrogen (secondary N) is 1. The summed E-state index contributed by atoms with van der Waals surface area (Å²) in [4.78, 5) is 18.4. The molecule has 0 atom stereocenters. The lowest BCUT2D eigenvalue weighted by Crippen LogP contribution is -2.44. The van der Waals surface area contributed by atoms with Gasteiger partial charge in [-0.2, -0.15) is 4.98 Å². The molecule has 1 aromatic heterocycles. The Bertz CT molecular complexity index is 532. The van der Waals surface area contributed by atoms with E-state index in [1.165, 1.54) is 6.42 Å². The van der Waals surface area contributed by atoms with Gasteiger partial charge in [0, 0.05) is 18.5 Å². The van der Waals surface area contributed by atoms with Crippen LogP contribution in [0.1, 0.15) is 70.0 Å². The molecule has 0 radical (unpaired) electrons. The first kappa shape index (κ1) is 15.3. The lowest BCUT2D eigenvalue weighted by molar-refractivity contribution is 0.197. The van der Waals surface area contributed by atoms with E-state index in [-0.39, 0.29) is 11.6 Å². The average Bonchev–Trinajstić information content (AvgIpc) is 2.95. The minimum absolute atomic E-state index is 0.0217. The second kappa shape index (κ2) is 5.89. The standard InChI is InChI=1S/C16H26N4O2/c1-11(2)9-16(7-8-16)18-15(21)20(3)10-13-17-14(22-19-13)12-5-4-6-12/h11-12H,4-10H2,1-3H3,(H,18,21). The second-order valence-corrected chi connectivity index (χ2v) is 7.34. The van der Waals surface area contributed by atoms with Crippen LogP contribution in [0.4, 0.5) is 4.79 Å². The van der Waals surface area contributed by atoms with Crippen LogP contribution in [-0.2, 0) is 6.54 Å². The third-order valence-electron chi connectivity index (χ3n) is 4.69. The molecule has 2 aliphatic carbocycles. The van der Waals surface area contributed by atoms with Gasteiger partial charge in [-0.25, -0.2) is 4.79 Å². The predicted molar refractivity (Wildman–Crippen MR) is 82.3 cm³/mol. The van der Waals surface area contributed by atoms with Crippen LogP contribution in [0, 0.1) is 5.92 Å². The van der Waals surface area contributed by atoms with Crippen molar-refractivity contribution in [3.63, 3.8) is 0 Å². The zero-order valence-electron chi connectivity index (χ0n) is 13.8. The van der Waals surface area contributed by atoms with Crippen LogP contribution in [0.5, 0.6) is 0 Å². The summed E-state index contributed by atoms with van der Waals surface area (Å²) in [6.07, 6.45) is 6.71. The molecule has 2 saturated carbocycles.